The van der Waals surface area contributed by atoms with Crippen molar-refractivity contribution in [1.82, 2.24) is 10.2 Å². The van der Waals surface area contributed by atoms with Crippen LogP contribution < -0.4 is 5.32 Å². The molecule has 2 heterocycles. The number of nitrogens with one attached hydrogen (secondary N) is 1. The molecule has 130 valence electrons. The van der Waals surface area contributed by atoms with Crippen LogP contribution in [0, 0.1) is 5.41 Å². The third-order valence-corrected chi connectivity index (χ3v) is 5.55. The fraction of sp³-hybridized carbons (Fsp3) is 0.875. The van der Waals surface area contributed by atoms with E-state index < -0.39 is 11.4 Å². The number of carboxylic acid groups (broad SMARTS) is 1. The molecule has 0 radical (unpaired) electrons. The van der Waals surface area contributed by atoms with E-state index in [1.54, 1.807) is 0 Å². The van der Waals surface area contributed by atoms with Crippen LogP contribution in [0.2, 0.25) is 0 Å². The Kier molecular flexibility index (Phi) is 4.89. The minimum atomic E-state index is -1.26. The van der Waals surface area contributed by atoms with Crippen molar-refractivity contribution in [3.05, 3.63) is 0 Å². The van der Waals surface area contributed by atoms with Gasteiger partial charge in [0.15, 0.2) is 0 Å². The number of carboxylic acids is 1. The van der Waals surface area contributed by atoms with E-state index in [0.29, 0.717) is 45.8 Å². The van der Waals surface area contributed by atoms with E-state index in [9.17, 15) is 14.7 Å². The minimum Gasteiger partial charge on any atom is -0.480 e. The summed E-state index contributed by atoms with van der Waals surface area (Å²) in [5.74, 6) is -1.35. The van der Waals surface area contributed by atoms with Gasteiger partial charge in [-0.25, -0.2) is 0 Å². The molecular formula is C16H26N2O5. The third kappa shape index (κ3) is 3.09. The van der Waals surface area contributed by atoms with Crippen LogP contribution in [0.4, 0.5) is 0 Å². The molecule has 0 aromatic heterocycles. The number of rotatable bonds is 4. The molecule has 1 saturated carbocycles. The van der Waals surface area contributed by atoms with E-state index >= 15 is 0 Å². The maximum atomic E-state index is 12.7. The molecule has 1 amide bonds. The van der Waals surface area contributed by atoms with Crippen LogP contribution in [-0.2, 0) is 19.1 Å². The summed E-state index contributed by atoms with van der Waals surface area (Å²) >= 11 is 0. The fourth-order valence-electron chi connectivity index (χ4n) is 4.01. The van der Waals surface area contributed by atoms with Gasteiger partial charge in [0.2, 0.25) is 5.91 Å². The Bertz CT molecular complexity index is 449. The molecule has 0 bridgehead atoms. The number of carbonyl (C=O) groups is 2. The van der Waals surface area contributed by atoms with Gasteiger partial charge in [-0.05, 0) is 12.8 Å². The van der Waals surface area contributed by atoms with Crippen LogP contribution in [-0.4, -0.2) is 73.5 Å². The van der Waals surface area contributed by atoms with Crippen LogP contribution >= 0.6 is 0 Å². The Morgan fingerprint density at radius 3 is 2.22 bits per heavy atom. The quantitative estimate of drug-likeness (QED) is 0.720. The number of fused-ring (bicyclic) bond motifs is 1. The summed E-state index contributed by atoms with van der Waals surface area (Å²) < 4.78 is 11.2. The highest BCUT2D eigenvalue weighted by atomic mass is 16.5. The van der Waals surface area contributed by atoms with Gasteiger partial charge >= 0.3 is 5.97 Å². The maximum Gasteiger partial charge on any atom is 0.319 e. The maximum absolute atomic E-state index is 12.7. The van der Waals surface area contributed by atoms with Crippen LogP contribution in [0.5, 0.6) is 0 Å². The van der Waals surface area contributed by atoms with Crippen LogP contribution in [0.25, 0.3) is 0 Å². The van der Waals surface area contributed by atoms with Gasteiger partial charge in [-0.3, -0.25) is 14.5 Å². The summed E-state index contributed by atoms with van der Waals surface area (Å²) in [7, 11) is 0. The average molecular weight is 326 g/mol. The van der Waals surface area contributed by atoms with Gasteiger partial charge in [-0.15, -0.1) is 0 Å². The number of carbonyl (C=O) groups excluding carboxylic acids is 1. The molecule has 7 nitrogen and oxygen atoms in total. The summed E-state index contributed by atoms with van der Waals surface area (Å²) in [5.41, 5.74) is -1.62. The van der Waals surface area contributed by atoms with Crippen molar-refractivity contribution < 1.29 is 24.2 Å². The van der Waals surface area contributed by atoms with Crippen molar-refractivity contribution in [2.45, 2.75) is 37.6 Å². The van der Waals surface area contributed by atoms with Crippen LogP contribution in [0.3, 0.4) is 0 Å². The Labute approximate surface area is 136 Å². The Morgan fingerprint density at radius 1 is 1.04 bits per heavy atom. The van der Waals surface area contributed by atoms with Gasteiger partial charge < -0.3 is 19.9 Å². The summed E-state index contributed by atoms with van der Waals surface area (Å²) in [6.07, 6.45) is 3.45. The Balaban J connectivity index is 1.68. The average Bonchev–Trinajstić information content (AvgIpc) is 2.60. The molecule has 0 atom stereocenters. The Hall–Kier alpha value is -1.18. The predicted octanol–water partition coefficient (Wildman–Crippen LogP) is 0.239. The number of nitrogens with zero attached hydrogens (tertiary/aromatic N) is 1. The zero-order valence-corrected chi connectivity index (χ0v) is 13.5. The highest BCUT2D eigenvalue weighted by molar-refractivity contribution is 6.02. The number of hydrogen-bond acceptors (Lipinski definition) is 5. The van der Waals surface area contributed by atoms with Crippen molar-refractivity contribution in [2.24, 2.45) is 5.41 Å². The summed E-state index contributed by atoms with van der Waals surface area (Å²) in [5, 5.41) is 12.5. The first-order valence-electron chi connectivity index (χ1n) is 8.51. The SMILES string of the molecule is O=C(O)C1(C(=O)NCC23COCCN2CCOC3)CCCCC1. The van der Waals surface area contributed by atoms with Crippen molar-refractivity contribution in [3.8, 4) is 0 Å². The molecule has 2 N–H and O–H groups in total. The molecule has 2 aliphatic heterocycles. The lowest BCUT2D eigenvalue weighted by Gasteiger charge is -2.49. The van der Waals surface area contributed by atoms with Crippen LogP contribution in [0.1, 0.15) is 32.1 Å². The number of hydrogen-bond donors (Lipinski definition) is 2. The minimum absolute atomic E-state index is 0.352. The molecule has 3 rings (SSSR count). The number of aliphatic carboxylic acids is 1. The lowest BCUT2D eigenvalue weighted by molar-refractivity contribution is -0.161. The van der Waals surface area contributed by atoms with E-state index in [2.05, 4.69) is 10.2 Å². The normalized spacial score (nSPS) is 27.0. The number of morpholine rings is 2. The van der Waals surface area contributed by atoms with Gasteiger partial charge in [0.05, 0.1) is 32.0 Å². The first kappa shape index (κ1) is 16.7. The lowest BCUT2D eigenvalue weighted by Crippen LogP contribution is -2.68. The molecule has 0 aromatic rings. The molecule has 1 aliphatic carbocycles. The Morgan fingerprint density at radius 2 is 1.65 bits per heavy atom. The van der Waals surface area contributed by atoms with E-state index in [4.69, 9.17) is 9.47 Å². The predicted molar refractivity (Wildman–Crippen MR) is 82.1 cm³/mol. The first-order valence-corrected chi connectivity index (χ1v) is 8.51. The summed E-state index contributed by atoms with van der Waals surface area (Å²) in [6, 6.07) is 0. The molecule has 0 aromatic carbocycles. The van der Waals surface area contributed by atoms with Gasteiger partial charge in [-0.2, -0.15) is 0 Å². The van der Waals surface area contributed by atoms with Gasteiger partial charge in [0.25, 0.3) is 0 Å². The molecule has 23 heavy (non-hydrogen) atoms. The van der Waals surface area contributed by atoms with Gasteiger partial charge in [0.1, 0.15) is 5.41 Å². The second kappa shape index (κ2) is 6.75. The lowest BCUT2D eigenvalue weighted by atomic mass is 9.73. The second-order valence-electron chi connectivity index (χ2n) is 6.95. The van der Waals surface area contributed by atoms with Crippen molar-refractivity contribution >= 4 is 11.9 Å². The van der Waals surface area contributed by atoms with Crippen LogP contribution in [0.15, 0.2) is 0 Å². The van der Waals surface area contributed by atoms with Gasteiger partial charge in [0, 0.05) is 19.6 Å². The van der Waals surface area contributed by atoms with E-state index in [1.165, 1.54) is 0 Å². The van der Waals surface area contributed by atoms with E-state index in [-0.39, 0.29) is 11.4 Å². The number of ether oxygens (including phenoxy) is 2. The third-order valence-electron chi connectivity index (χ3n) is 5.55. The second-order valence-corrected chi connectivity index (χ2v) is 6.95. The largest absolute Gasteiger partial charge is 0.480 e. The topological polar surface area (TPSA) is 88.1 Å². The van der Waals surface area contributed by atoms with Crippen molar-refractivity contribution in [2.75, 3.05) is 46.1 Å². The molecule has 3 fully saturated rings. The zero-order chi connectivity index (χ0) is 16.3. The van der Waals surface area contributed by atoms with Crippen molar-refractivity contribution in [3.63, 3.8) is 0 Å². The zero-order valence-electron chi connectivity index (χ0n) is 13.5. The molecule has 0 unspecified atom stereocenters. The smallest absolute Gasteiger partial charge is 0.319 e. The van der Waals surface area contributed by atoms with E-state index in [0.717, 1.165) is 32.4 Å². The standard InChI is InChI=1S/C16H26N2O5/c19-13(16(14(20)21)4-2-1-3-5-16)17-10-15-11-22-8-6-18(15)7-9-23-12-15/h1-12H2,(H,17,19)(H,20,21). The molecule has 3 aliphatic rings. The number of amides is 1. The van der Waals surface area contributed by atoms with E-state index in [1.807, 2.05) is 0 Å². The first-order chi connectivity index (χ1) is 11.1. The van der Waals surface area contributed by atoms with Gasteiger partial charge in [-0.1, -0.05) is 19.3 Å². The molecular weight excluding hydrogens is 300 g/mol. The molecule has 2 saturated heterocycles. The monoisotopic (exact) mass is 326 g/mol. The van der Waals surface area contributed by atoms with Crippen molar-refractivity contribution in [1.29, 1.82) is 0 Å². The summed E-state index contributed by atoms with van der Waals surface area (Å²) in [4.78, 5) is 26.7. The molecule has 7 heteroatoms. The summed E-state index contributed by atoms with van der Waals surface area (Å²) in [6.45, 7) is 4.41. The molecule has 0 spiro atoms. The highest BCUT2D eigenvalue weighted by Crippen LogP contribution is 2.37. The fourth-order valence-corrected chi connectivity index (χ4v) is 4.01. The highest BCUT2D eigenvalue weighted by Gasteiger charge is 2.48.